The lowest BCUT2D eigenvalue weighted by atomic mass is 10.3. The third kappa shape index (κ3) is 3.41. The number of hydrogen-bond donors (Lipinski definition) is 0. The van der Waals surface area contributed by atoms with Gasteiger partial charge >= 0.3 is 0 Å². The van der Waals surface area contributed by atoms with Gasteiger partial charge in [0.25, 0.3) is 0 Å². The highest BCUT2D eigenvalue weighted by Gasteiger charge is 1.99. The van der Waals surface area contributed by atoms with Crippen LogP contribution in [0.3, 0.4) is 0 Å². The normalized spacial score (nSPS) is 10.0. The molecule has 0 spiro atoms. The molecule has 0 N–H and O–H groups in total. The molecule has 68 valence electrons. The maximum Gasteiger partial charge on any atom is 0.151 e. The van der Waals surface area contributed by atoms with Crippen LogP contribution in [-0.4, -0.2) is 28.7 Å². The fraction of sp³-hybridized carbons (Fsp3) is 0.333. The fourth-order valence-corrected chi connectivity index (χ4v) is 1.02. The number of rotatable bonds is 3. The molecule has 0 saturated carbocycles. The Kier molecular flexibility index (Phi) is 3.69. The Bertz CT molecular complexity index is 302. The van der Waals surface area contributed by atoms with E-state index in [1.807, 2.05) is 18.0 Å². The largest absolute Gasteiger partial charge is 0.289 e. The molecule has 0 aliphatic carbocycles. The maximum atomic E-state index is 5.59. The molecule has 0 aliphatic rings. The van der Waals surface area contributed by atoms with E-state index in [2.05, 4.69) is 16.1 Å². The van der Waals surface area contributed by atoms with Gasteiger partial charge in [-0.05, 0) is 19.2 Å². The smallest absolute Gasteiger partial charge is 0.151 e. The minimum absolute atomic E-state index is 0.406. The van der Waals surface area contributed by atoms with Gasteiger partial charge in [-0.2, -0.15) is 5.10 Å². The van der Waals surface area contributed by atoms with Crippen molar-refractivity contribution in [1.29, 1.82) is 0 Å². The number of halogens is 1. The summed E-state index contributed by atoms with van der Waals surface area (Å²) in [6, 6.07) is 3.55. The summed E-state index contributed by atoms with van der Waals surface area (Å²) in [4.78, 5) is 1.97. The van der Waals surface area contributed by atoms with Gasteiger partial charge < -0.3 is 0 Å². The minimum atomic E-state index is 0.406. The number of hydrogen-bond acceptors (Lipinski definition) is 3. The monoisotopic (exact) mass is 195 g/mol. The van der Waals surface area contributed by atoms with E-state index in [4.69, 9.17) is 18.0 Å². The first-order valence-corrected chi connectivity index (χ1v) is 4.20. The molecule has 1 aromatic rings. The quantitative estimate of drug-likeness (QED) is 0.679. The van der Waals surface area contributed by atoms with Crippen LogP contribution in [0, 0.1) is 12.3 Å². The average molecular weight is 196 g/mol. The van der Waals surface area contributed by atoms with Crippen molar-refractivity contribution >= 4 is 11.6 Å². The summed E-state index contributed by atoms with van der Waals surface area (Å²) in [7, 11) is 1.93. The zero-order valence-corrected chi connectivity index (χ0v) is 8.12. The van der Waals surface area contributed by atoms with Gasteiger partial charge in [0.1, 0.15) is 0 Å². The zero-order valence-electron chi connectivity index (χ0n) is 7.37. The van der Waals surface area contributed by atoms with E-state index in [1.165, 1.54) is 0 Å². The summed E-state index contributed by atoms with van der Waals surface area (Å²) >= 11 is 5.59. The highest BCUT2D eigenvalue weighted by molar-refractivity contribution is 6.29. The van der Waals surface area contributed by atoms with Crippen LogP contribution in [0.2, 0.25) is 5.15 Å². The highest BCUT2D eigenvalue weighted by atomic mass is 35.5. The Hall–Kier alpha value is -1.11. The molecule has 0 saturated heterocycles. The number of terminal acetylenes is 1. The van der Waals surface area contributed by atoms with E-state index in [1.54, 1.807) is 6.07 Å². The molecule has 1 aromatic heterocycles. The second-order valence-electron chi connectivity index (χ2n) is 2.72. The first-order valence-electron chi connectivity index (χ1n) is 3.82. The molecular formula is C9H10ClN3. The van der Waals surface area contributed by atoms with E-state index in [9.17, 15) is 0 Å². The summed E-state index contributed by atoms with van der Waals surface area (Å²) in [6.45, 7) is 1.29. The van der Waals surface area contributed by atoms with E-state index in [0.29, 0.717) is 18.2 Å². The molecule has 0 amide bonds. The molecule has 0 fully saturated rings. The van der Waals surface area contributed by atoms with Crippen molar-refractivity contribution in [3.8, 4) is 12.3 Å². The second-order valence-corrected chi connectivity index (χ2v) is 3.11. The van der Waals surface area contributed by atoms with Crippen molar-refractivity contribution in [2.75, 3.05) is 13.6 Å². The summed E-state index contributed by atoms with van der Waals surface area (Å²) in [6.07, 6.45) is 5.16. The minimum Gasteiger partial charge on any atom is -0.289 e. The molecule has 3 nitrogen and oxygen atoms in total. The van der Waals surface area contributed by atoms with Gasteiger partial charge in [-0.25, -0.2) is 0 Å². The summed E-state index contributed by atoms with van der Waals surface area (Å²) in [5.74, 6) is 2.55. The zero-order chi connectivity index (χ0) is 9.68. The summed E-state index contributed by atoms with van der Waals surface area (Å²) < 4.78 is 0. The topological polar surface area (TPSA) is 29.0 Å². The van der Waals surface area contributed by atoms with Crippen molar-refractivity contribution in [1.82, 2.24) is 15.1 Å². The first-order chi connectivity index (χ1) is 6.22. The molecule has 0 atom stereocenters. The number of nitrogens with zero attached hydrogens (tertiary/aromatic N) is 3. The van der Waals surface area contributed by atoms with Crippen molar-refractivity contribution in [2.24, 2.45) is 0 Å². The average Bonchev–Trinajstić information content (AvgIpc) is 2.09. The van der Waals surface area contributed by atoms with Gasteiger partial charge in [0.05, 0.1) is 12.2 Å². The molecular weight excluding hydrogens is 186 g/mol. The lowest BCUT2D eigenvalue weighted by molar-refractivity contribution is 0.362. The van der Waals surface area contributed by atoms with Crippen molar-refractivity contribution in [2.45, 2.75) is 6.54 Å². The van der Waals surface area contributed by atoms with Gasteiger partial charge in [-0.3, -0.25) is 4.90 Å². The molecule has 13 heavy (non-hydrogen) atoms. The van der Waals surface area contributed by atoms with E-state index in [0.717, 1.165) is 5.69 Å². The Morgan fingerprint density at radius 1 is 1.54 bits per heavy atom. The van der Waals surface area contributed by atoms with Crippen molar-refractivity contribution < 1.29 is 0 Å². The Morgan fingerprint density at radius 3 is 2.85 bits per heavy atom. The molecule has 0 bridgehead atoms. The standard InChI is InChI=1S/C9H10ClN3/c1-3-6-13(2)7-8-4-5-9(10)12-11-8/h1,4-5H,6-7H2,2H3. The first kappa shape index (κ1) is 9.97. The van der Waals surface area contributed by atoms with Gasteiger partial charge in [0.15, 0.2) is 5.15 Å². The van der Waals surface area contributed by atoms with Crippen LogP contribution < -0.4 is 0 Å². The van der Waals surface area contributed by atoms with Gasteiger partial charge in [-0.15, -0.1) is 11.5 Å². The van der Waals surface area contributed by atoms with Gasteiger partial charge in [0.2, 0.25) is 0 Å². The lowest BCUT2D eigenvalue weighted by Gasteiger charge is -2.11. The van der Waals surface area contributed by atoms with Crippen molar-refractivity contribution in [3.05, 3.63) is 23.0 Å². The van der Waals surface area contributed by atoms with E-state index in [-0.39, 0.29) is 0 Å². The SMILES string of the molecule is C#CCN(C)Cc1ccc(Cl)nn1. The molecule has 4 heteroatoms. The summed E-state index contributed by atoms with van der Waals surface area (Å²) in [5.41, 5.74) is 0.863. The Labute approximate surface area is 82.7 Å². The molecule has 0 unspecified atom stereocenters. The third-order valence-electron chi connectivity index (χ3n) is 1.48. The van der Waals surface area contributed by atoms with Crippen LogP contribution in [0.25, 0.3) is 0 Å². The molecule has 0 aromatic carbocycles. The molecule has 1 rings (SSSR count). The number of aromatic nitrogens is 2. The van der Waals surface area contributed by atoms with Crippen LogP contribution in [-0.2, 0) is 6.54 Å². The Morgan fingerprint density at radius 2 is 2.31 bits per heavy atom. The maximum absolute atomic E-state index is 5.59. The van der Waals surface area contributed by atoms with Crippen LogP contribution in [0.5, 0.6) is 0 Å². The predicted octanol–water partition coefficient (Wildman–Crippen LogP) is 1.20. The molecule has 0 aliphatic heterocycles. The van der Waals surface area contributed by atoms with Crippen LogP contribution in [0.1, 0.15) is 5.69 Å². The molecule has 0 radical (unpaired) electrons. The van der Waals surface area contributed by atoms with E-state index < -0.39 is 0 Å². The van der Waals surface area contributed by atoms with Crippen LogP contribution >= 0.6 is 11.6 Å². The summed E-state index contributed by atoms with van der Waals surface area (Å²) in [5, 5.41) is 8.04. The Balaban J connectivity index is 2.55. The second kappa shape index (κ2) is 4.80. The predicted molar refractivity (Wildman–Crippen MR) is 52.2 cm³/mol. The van der Waals surface area contributed by atoms with Crippen LogP contribution in [0.15, 0.2) is 12.1 Å². The third-order valence-corrected chi connectivity index (χ3v) is 1.68. The fourth-order valence-electron chi connectivity index (χ4n) is 0.916. The van der Waals surface area contributed by atoms with Gasteiger partial charge in [0, 0.05) is 6.54 Å². The van der Waals surface area contributed by atoms with Crippen LogP contribution in [0.4, 0.5) is 0 Å². The van der Waals surface area contributed by atoms with Gasteiger partial charge in [-0.1, -0.05) is 17.5 Å². The molecule has 1 heterocycles. The lowest BCUT2D eigenvalue weighted by Crippen LogP contribution is -2.18. The highest BCUT2D eigenvalue weighted by Crippen LogP contribution is 2.03. The van der Waals surface area contributed by atoms with Crippen molar-refractivity contribution in [3.63, 3.8) is 0 Å². The van der Waals surface area contributed by atoms with E-state index >= 15 is 0 Å².